The van der Waals surface area contributed by atoms with Gasteiger partial charge in [-0.1, -0.05) is 30.3 Å². The number of carbonyl (C=O) groups is 2. The SMILES string of the molecule is O=C(CN1C[C@@H]2C[C@@H](C1)[C@@H]1CCCC(=O)N1C2)c1ccccc1. The largest absolute Gasteiger partial charge is 0.339 e. The molecule has 2 bridgehead atoms. The molecule has 122 valence electrons. The van der Waals surface area contributed by atoms with Gasteiger partial charge in [-0.3, -0.25) is 14.5 Å². The zero-order valence-electron chi connectivity index (χ0n) is 13.5. The van der Waals surface area contributed by atoms with Gasteiger partial charge < -0.3 is 4.90 Å². The van der Waals surface area contributed by atoms with Gasteiger partial charge in [-0.2, -0.15) is 0 Å². The molecule has 3 atom stereocenters. The second-order valence-electron chi connectivity index (χ2n) is 7.35. The second kappa shape index (κ2) is 6.08. The van der Waals surface area contributed by atoms with Crippen molar-refractivity contribution in [3.05, 3.63) is 35.9 Å². The Morgan fingerprint density at radius 2 is 1.96 bits per heavy atom. The third kappa shape index (κ3) is 2.92. The first-order valence-corrected chi connectivity index (χ1v) is 8.81. The molecular weight excluding hydrogens is 288 g/mol. The summed E-state index contributed by atoms with van der Waals surface area (Å²) in [4.78, 5) is 29.1. The van der Waals surface area contributed by atoms with E-state index < -0.39 is 0 Å². The average Bonchev–Trinajstić information content (AvgIpc) is 2.57. The van der Waals surface area contributed by atoms with E-state index >= 15 is 0 Å². The number of amides is 1. The summed E-state index contributed by atoms with van der Waals surface area (Å²) in [6, 6.07) is 10.00. The van der Waals surface area contributed by atoms with Crippen LogP contribution < -0.4 is 0 Å². The minimum atomic E-state index is 0.210. The number of hydrogen-bond donors (Lipinski definition) is 0. The van der Waals surface area contributed by atoms with Crippen molar-refractivity contribution in [3.63, 3.8) is 0 Å². The highest BCUT2D eigenvalue weighted by Gasteiger charge is 2.43. The van der Waals surface area contributed by atoms with E-state index in [0.29, 0.717) is 30.3 Å². The number of piperidine rings is 3. The Bertz CT molecular complexity index is 601. The van der Waals surface area contributed by atoms with Crippen molar-refractivity contribution in [1.29, 1.82) is 0 Å². The molecule has 1 aromatic rings. The first-order valence-electron chi connectivity index (χ1n) is 8.81. The van der Waals surface area contributed by atoms with Crippen molar-refractivity contribution >= 4 is 11.7 Å². The van der Waals surface area contributed by atoms with Gasteiger partial charge in [-0.15, -0.1) is 0 Å². The van der Waals surface area contributed by atoms with E-state index in [1.165, 1.54) is 6.42 Å². The van der Waals surface area contributed by atoms with E-state index in [-0.39, 0.29) is 5.78 Å². The molecule has 0 aromatic heterocycles. The topological polar surface area (TPSA) is 40.6 Å². The summed E-state index contributed by atoms with van der Waals surface area (Å²) in [5.41, 5.74) is 0.803. The fourth-order valence-electron chi connectivity index (χ4n) is 4.76. The van der Waals surface area contributed by atoms with Crippen LogP contribution in [0.5, 0.6) is 0 Å². The molecule has 0 aliphatic carbocycles. The fourth-order valence-corrected chi connectivity index (χ4v) is 4.76. The van der Waals surface area contributed by atoms with Gasteiger partial charge in [-0.05, 0) is 31.1 Å². The van der Waals surface area contributed by atoms with Gasteiger partial charge in [-0.25, -0.2) is 0 Å². The fraction of sp³-hybridized carbons (Fsp3) is 0.579. The molecule has 3 aliphatic rings. The summed E-state index contributed by atoms with van der Waals surface area (Å²) in [5.74, 6) is 1.65. The molecule has 1 aromatic carbocycles. The zero-order chi connectivity index (χ0) is 15.8. The number of carbonyl (C=O) groups excluding carboxylic acids is 2. The Hall–Kier alpha value is -1.68. The van der Waals surface area contributed by atoms with Crippen LogP contribution in [-0.2, 0) is 4.79 Å². The Labute approximate surface area is 137 Å². The van der Waals surface area contributed by atoms with Crippen LogP contribution in [-0.4, -0.2) is 53.7 Å². The number of fused-ring (bicyclic) bond motifs is 4. The lowest BCUT2D eigenvalue weighted by Gasteiger charge is -2.52. The van der Waals surface area contributed by atoms with E-state index in [9.17, 15) is 9.59 Å². The number of hydrogen-bond acceptors (Lipinski definition) is 3. The normalized spacial score (nSPS) is 30.9. The van der Waals surface area contributed by atoms with Crippen molar-refractivity contribution in [1.82, 2.24) is 9.80 Å². The molecule has 0 radical (unpaired) electrons. The number of likely N-dealkylation sites (tertiary alicyclic amines) is 1. The number of ketones is 1. The maximum absolute atomic E-state index is 12.5. The van der Waals surface area contributed by atoms with Crippen molar-refractivity contribution < 1.29 is 9.59 Å². The quantitative estimate of drug-likeness (QED) is 0.804. The van der Waals surface area contributed by atoms with Crippen LogP contribution in [0.4, 0.5) is 0 Å². The standard InChI is InChI=1S/C19H24N2O2/c22-18(15-5-2-1-3-6-15)13-20-10-14-9-16(12-20)17-7-4-8-19(23)21(17)11-14/h1-3,5-6,14,16-17H,4,7-13H2/t14-,16-,17-/m0/s1. The molecule has 0 N–H and O–H groups in total. The van der Waals surface area contributed by atoms with Crippen LogP contribution in [0, 0.1) is 11.8 Å². The molecule has 4 heteroatoms. The van der Waals surface area contributed by atoms with Gasteiger partial charge in [0.2, 0.25) is 5.91 Å². The van der Waals surface area contributed by atoms with E-state index in [1.807, 2.05) is 30.3 Å². The zero-order valence-corrected chi connectivity index (χ0v) is 13.5. The smallest absolute Gasteiger partial charge is 0.222 e. The summed E-state index contributed by atoms with van der Waals surface area (Å²) in [6.07, 6.45) is 4.13. The molecular formula is C19H24N2O2. The molecule has 23 heavy (non-hydrogen) atoms. The van der Waals surface area contributed by atoms with Crippen molar-refractivity contribution in [2.75, 3.05) is 26.2 Å². The Morgan fingerprint density at radius 1 is 1.13 bits per heavy atom. The van der Waals surface area contributed by atoms with Crippen LogP contribution in [0.1, 0.15) is 36.0 Å². The molecule has 0 saturated carbocycles. The molecule has 0 spiro atoms. The summed E-state index contributed by atoms with van der Waals surface area (Å²) < 4.78 is 0. The van der Waals surface area contributed by atoms with Gasteiger partial charge in [0, 0.05) is 37.7 Å². The molecule has 1 amide bonds. The van der Waals surface area contributed by atoms with Crippen LogP contribution in [0.2, 0.25) is 0 Å². The first kappa shape index (κ1) is 14.9. The Kier molecular flexibility index (Phi) is 3.93. The van der Waals surface area contributed by atoms with Gasteiger partial charge in [0.15, 0.2) is 5.78 Å². The van der Waals surface area contributed by atoms with E-state index in [1.54, 1.807) is 0 Å². The molecule has 3 fully saturated rings. The number of rotatable bonds is 3. The minimum absolute atomic E-state index is 0.210. The van der Waals surface area contributed by atoms with Gasteiger partial charge >= 0.3 is 0 Å². The molecule has 4 rings (SSSR count). The minimum Gasteiger partial charge on any atom is -0.339 e. The molecule has 0 unspecified atom stereocenters. The monoisotopic (exact) mass is 312 g/mol. The maximum atomic E-state index is 12.5. The highest BCUT2D eigenvalue weighted by molar-refractivity contribution is 5.97. The summed E-state index contributed by atoms with van der Waals surface area (Å²) >= 11 is 0. The lowest BCUT2D eigenvalue weighted by molar-refractivity contribution is -0.144. The van der Waals surface area contributed by atoms with E-state index in [4.69, 9.17) is 0 Å². The van der Waals surface area contributed by atoms with Gasteiger partial charge in [0.1, 0.15) is 0 Å². The highest BCUT2D eigenvalue weighted by atomic mass is 16.2. The lowest BCUT2D eigenvalue weighted by atomic mass is 9.76. The first-order chi connectivity index (χ1) is 11.2. The Balaban J connectivity index is 1.44. The molecule has 4 nitrogen and oxygen atoms in total. The van der Waals surface area contributed by atoms with Gasteiger partial charge in [0.25, 0.3) is 0 Å². The molecule has 3 saturated heterocycles. The lowest BCUT2D eigenvalue weighted by Crippen LogP contribution is -2.60. The maximum Gasteiger partial charge on any atom is 0.222 e. The summed E-state index contributed by atoms with van der Waals surface area (Å²) in [5, 5.41) is 0. The number of nitrogens with zero attached hydrogens (tertiary/aromatic N) is 2. The Morgan fingerprint density at radius 3 is 2.78 bits per heavy atom. The number of Topliss-reactive ketones (excluding diaryl/α,β-unsaturated/α-hetero) is 1. The second-order valence-corrected chi connectivity index (χ2v) is 7.35. The number of benzene rings is 1. The summed E-state index contributed by atoms with van der Waals surface area (Å²) in [7, 11) is 0. The van der Waals surface area contributed by atoms with Crippen LogP contribution in [0.3, 0.4) is 0 Å². The van der Waals surface area contributed by atoms with Crippen LogP contribution >= 0.6 is 0 Å². The average molecular weight is 312 g/mol. The van der Waals surface area contributed by atoms with Crippen LogP contribution in [0.25, 0.3) is 0 Å². The highest BCUT2D eigenvalue weighted by Crippen LogP contribution is 2.37. The predicted molar refractivity (Wildman–Crippen MR) is 88.2 cm³/mol. The van der Waals surface area contributed by atoms with Crippen molar-refractivity contribution in [3.8, 4) is 0 Å². The molecule has 3 aliphatic heterocycles. The van der Waals surface area contributed by atoms with Crippen LogP contribution in [0.15, 0.2) is 30.3 Å². The van der Waals surface area contributed by atoms with Gasteiger partial charge in [0.05, 0.1) is 6.54 Å². The van der Waals surface area contributed by atoms with E-state index in [2.05, 4.69) is 9.80 Å². The van der Waals surface area contributed by atoms with E-state index in [0.717, 1.165) is 44.5 Å². The molecule has 3 heterocycles. The van der Waals surface area contributed by atoms with Crippen molar-refractivity contribution in [2.45, 2.75) is 31.7 Å². The summed E-state index contributed by atoms with van der Waals surface area (Å²) in [6.45, 7) is 3.32. The van der Waals surface area contributed by atoms with Crippen molar-refractivity contribution in [2.24, 2.45) is 11.8 Å². The third-order valence-corrected chi connectivity index (χ3v) is 5.72. The third-order valence-electron chi connectivity index (χ3n) is 5.72. The predicted octanol–water partition coefficient (Wildman–Crippen LogP) is 2.20.